The van der Waals surface area contributed by atoms with Gasteiger partial charge < -0.3 is 5.73 Å². The quantitative estimate of drug-likeness (QED) is 0.291. The van der Waals surface area contributed by atoms with Gasteiger partial charge in [0, 0.05) is 11.5 Å². The van der Waals surface area contributed by atoms with Crippen LogP contribution in [0.2, 0.25) is 0 Å². The molecule has 1 aliphatic carbocycles. The van der Waals surface area contributed by atoms with E-state index < -0.39 is 0 Å². The first-order valence-corrected chi connectivity index (χ1v) is 12.1. The highest BCUT2D eigenvalue weighted by Gasteiger charge is 2.18. The normalized spacial score (nSPS) is 15.1. The summed E-state index contributed by atoms with van der Waals surface area (Å²) in [5, 5.41) is 9.38. The van der Waals surface area contributed by atoms with Gasteiger partial charge in [-0.25, -0.2) is 15.1 Å². The van der Waals surface area contributed by atoms with Crippen LogP contribution in [0.15, 0.2) is 90.1 Å². The molecule has 7 nitrogen and oxygen atoms in total. The summed E-state index contributed by atoms with van der Waals surface area (Å²) in [6.07, 6.45) is 11.1. The number of hydrazone groups is 1. The largest absolute Gasteiger partial charge is 0.375 e. The topological polar surface area (TPSA) is 98.2 Å². The zero-order chi connectivity index (χ0) is 24.2. The average Bonchev–Trinajstić information content (AvgIpc) is 3.48. The molecule has 0 saturated carbocycles. The number of nitrogens with zero attached hydrogens (tertiary/aromatic N) is 4. The highest BCUT2D eigenvalue weighted by Crippen LogP contribution is 2.30. The second kappa shape index (κ2) is 9.90. The number of nitrogens with one attached hydrogen (secondary N) is 1. The Kier molecular flexibility index (Phi) is 6.36. The molecule has 0 unspecified atom stereocenters. The maximum atomic E-state index is 12.3. The van der Waals surface area contributed by atoms with Crippen molar-refractivity contribution in [3.05, 3.63) is 107 Å². The lowest BCUT2D eigenvalue weighted by Gasteiger charge is -2.15. The van der Waals surface area contributed by atoms with E-state index in [4.69, 9.17) is 10.8 Å². The van der Waals surface area contributed by atoms with Crippen LogP contribution in [0.4, 0.5) is 5.13 Å². The van der Waals surface area contributed by atoms with Crippen molar-refractivity contribution in [2.75, 3.05) is 5.73 Å². The predicted molar refractivity (Wildman–Crippen MR) is 141 cm³/mol. The number of benzene rings is 2. The molecule has 0 bridgehead atoms. The van der Waals surface area contributed by atoms with E-state index in [1.807, 2.05) is 47.1 Å². The summed E-state index contributed by atoms with van der Waals surface area (Å²) in [5.41, 5.74) is 13.8. The lowest BCUT2D eigenvalue weighted by molar-refractivity contribution is 0.0958. The van der Waals surface area contributed by atoms with Gasteiger partial charge >= 0.3 is 0 Å². The standard InChI is InChI=1S/C27H24N6OS/c1-18-25(35-27(28)30-18)26(34)31-29-17-19-12-14-22(15-13-19)33-24(21-10-6-3-7-11-21)16-23(32-33)20-8-4-2-5-9-20/h2-10,12-17,21H,11H2,1H3,(H2,28,30)(H,31,34)/b29-17-/t21-/m0/s1. The van der Waals surface area contributed by atoms with Crippen molar-refractivity contribution in [3.8, 4) is 16.9 Å². The molecule has 0 radical (unpaired) electrons. The minimum absolute atomic E-state index is 0.255. The molecule has 174 valence electrons. The number of thiazole rings is 1. The van der Waals surface area contributed by atoms with E-state index in [0.29, 0.717) is 15.7 Å². The Hall–Kier alpha value is -4.30. The molecule has 0 saturated heterocycles. The number of aryl methyl sites for hydroxylation is 1. The van der Waals surface area contributed by atoms with Crippen molar-refractivity contribution in [3.63, 3.8) is 0 Å². The smallest absolute Gasteiger partial charge is 0.283 e. The van der Waals surface area contributed by atoms with Gasteiger partial charge in [0.1, 0.15) is 4.88 Å². The van der Waals surface area contributed by atoms with Crippen LogP contribution in [-0.4, -0.2) is 26.9 Å². The van der Waals surface area contributed by atoms with E-state index in [9.17, 15) is 4.79 Å². The number of allylic oxidation sites excluding steroid dienone is 4. The fourth-order valence-electron chi connectivity index (χ4n) is 3.96. The molecule has 0 aliphatic heterocycles. The molecule has 1 amide bonds. The summed E-state index contributed by atoms with van der Waals surface area (Å²) < 4.78 is 2.01. The van der Waals surface area contributed by atoms with Gasteiger partial charge in [-0.05, 0) is 37.1 Å². The average molecular weight is 481 g/mol. The minimum atomic E-state index is -0.325. The predicted octanol–water partition coefficient (Wildman–Crippen LogP) is 5.25. The summed E-state index contributed by atoms with van der Waals surface area (Å²) in [4.78, 5) is 16.8. The Morgan fingerprint density at radius 3 is 2.66 bits per heavy atom. The number of amides is 1. The van der Waals surface area contributed by atoms with Crippen molar-refractivity contribution in [2.45, 2.75) is 19.3 Å². The van der Waals surface area contributed by atoms with Crippen LogP contribution in [0.1, 0.15) is 39.0 Å². The van der Waals surface area contributed by atoms with Gasteiger partial charge in [-0.2, -0.15) is 10.2 Å². The highest BCUT2D eigenvalue weighted by atomic mass is 32.1. The van der Waals surface area contributed by atoms with E-state index in [-0.39, 0.29) is 11.8 Å². The Bertz CT molecular complexity index is 1430. The number of hydrogen-bond donors (Lipinski definition) is 2. The van der Waals surface area contributed by atoms with Crippen LogP contribution in [0.3, 0.4) is 0 Å². The van der Waals surface area contributed by atoms with Gasteiger partial charge in [-0.1, -0.05) is 78.1 Å². The molecule has 8 heteroatoms. The number of carbonyl (C=O) groups excluding carboxylic acids is 1. The van der Waals surface area contributed by atoms with Crippen molar-refractivity contribution < 1.29 is 4.79 Å². The second-order valence-corrected chi connectivity index (χ2v) is 9.18. The maximum absolute atomic E-state index is 12.3. The number of nitrogens with two attached hydrogens (primary N) is 1. The van der Waals surface area contributed by atoms with E-state index in [2.05, 4.69) is 58.0 Å². The molecule has 2 heterocycles. The summed E-state index contributed by atoms with van der Waals surface area (Å²) >= 11 is 1.14. The van der Waals surface area contributed by atoms with Gasteiger partial charge in [-0.3, -0.25) is 4.79 Å². The van der Waals surface area contributed by atoms with Gasteiger partial charge in [0.2, 0.25) is 0 Å². The Morgan fingerprint density at radius 1 is 1.17 bits per heavy atom. The van der Waals surface area contributed by atoms with Gasteiger partial charge in [0.05, 0.1) is 29.0 Å². The van der Waals surface area contributed by atoms with Crippen molar-refractivity contribution in [2.24, 2.45) is 5.10 Å². The van der Waals surface area contributed by atoms with Gasteiger partial charge in [0.25, 0.3) is 5.91 Å². The first-order valence-electron chi connectivity index (χ1n) is 11.2. The van der Waals surface area contributed by atoms with E-state index in [1.54, 1.807) is 13.1 Å². The Morgan fingerprint density at radius 2 is 1.97 bits per heavy atom. The minimum Gasteiger partial charge on any atom is -0.375 e. The molecule has 1 aliphatic rings. The summed E-state index contributed by atoms with van der Waals surface area (Å²) in [7, 11) is 0. The molecule has 5 rings (SSSR count). The fraction of sp³-hybridized carbons (Fsp3) is 0.111. The summed E-state index contributed by atoms with van der Waals surface area (Å²) in [6, 6.07) is 20.3. The van der Waals surface area contributed by atoms with Crippen LogP contribution in [0.25, 0.3) is 16.9 Å². The number of rotatable bonds is 6. The molecule has 0 spiro atoms. The molecule has 35 heavy (non-hydrogen) atoms. The number of carbonyl (C=O) groups is 1. The van der Waals surface area contributed by atoms with Crippen molar-refractivity contribution in [1.82, 2.24) is 20.2 Å². The Labute approximate surface area is 207 Å². The molecule has 0 fully saturated rings. The van der Waals surface area contributed by atoms with Crippen molar-refractivity contribution >= 4 is 28.6 Å². The fourth-order valence-corrected chi connectivity index (χ4v) is 4.69. The zero-order valence-electron chi connectivity index (χ0n) is 19.1. The number of nitrogen functional groups attached to an aromatic ring is 1. The van der Waals surface area contributed by atoms with E-state index >= 15 is 0 Å². The third-order valence-corrected chi connectivity index (χ3v) is 6.69. The molecular formula is C27H24N6OS. The van der Waals surface area contributed by atoms with Crippen LogP contribution >= 0.6 is 11.3 Å². The third kappa shape index (κ3) is 4.97. The summed E-state index contributed by atoms with van der Waals surface area (Å²) in [5.74, 6) is -0.0700. The lowest BCUT2D eigenvalue weighted by Crippen LogP contribution is -2.17. The van der Waals surface area contributed by atoms with Crippen LogP contribution < -0.4 is 11.2 Å². The number of anilines is 1. The molecule has 3 N–H and O–H groups in total. The molecule has 2 aromatic carbocycles. The molecule has 2 aromatic heterocycles. The SMILES string of the molecule is Cc1nc(N)sc1C(=O)N/N=C\c1ccc(-n2nc(-c3ccccc3)cc2[C@H]2C=CC=CC2)cc1. The molecular weight excluding hydrogens is 456 g/mol. The third-order valence-electron chi connectivity index (χ3n) is 5.70. The van der Waals surface area contributed by atoms with Gasteiger partial charge in [-0.15, -0.1) is 0 Å². The van der Waals surface area contributed by atoms with Crippen LogP contribution in [0.5, 0.6) is 0 Å². The highest BCUT2D eigenvalue weighted by molar-refractivity contribution is 7.17. The van der Waals surface area contributed by atoms with Crippen molar-refractivity contribution in [1.29, 1.82) is 0 Å². The van der Waals surface area contributed by atoms with Gasteiger partial charge in [0.15, 0.2) is 5.13 Å². The van der Waals surface area contributed by atoms with E-state index in [0.717, 1.165) is 46.0 Å². The second-order valence-electron chi connectivity index (χ2n) is 8.14. The molecule has 1 atom stereocenters. The first kappa shape index (κ1) is 22.5. The lowest BCUT2D eigenvalue weighted by atomic mass is 9.96. The van der Waals surface area contributed by atoms with E-state index in [1.165, 1.54) is 0 Å². The number of aromatic nitrogens is 3. The number of hydrogen-bond acceptors (Lipinski definition) is 6. The first-order chi connectivity index (χ1) is 17.1. The monoisotopic (exact) mass is 480 g/mol. The summed E-state index contributed by atoms with van der Waals surface area (Å²) in [6.45, 7) is 1.75. The van der Waals surface area contributed by atoms with Crippen LogP contribution in [0, 0.1) is 6.92 Å². The zero-order valence-corrected chi connectivity index (χ0v) is 19.9. The van der Waals surface area contributed by atoms with Crippen LogP contribution in [-0.2, 0) is 0 Å². The molecule has 4 aromatic rings. The Balaban J connectivity index is 1.37. The maximum Gasteiger partial charge on any atom is 0.283 e.